The van der Waals surface area contributed by atoms with Crippen LogP contribution < -0.4 is 0 Å². The van der Waals surface area contributed by atoms with Crippen LogP contribution >= 0.6 is 46.1 Å². The molecular formula is C23H17Cl3F3N5OS. The number of hydrogen-bond donors (Lipinski definition) is 0. The Kier molecular flexibility index (Phi) is 6.90. The maximum Gasteiger partial charge on any atom is 0.433 e. The van der Waals surface area contributed by atoms with Gasteiger partial charge in [-0.1, -0.05) is 46.9 Å². The van der Waals surface area contributed by atoms with Crippen LogP contribution in [0.15, 0.2) is 41.8 Å². The van der Waals surface area contributed by atoms with E-state index in [1.54, 1.807) is 29.6 Å². The Balaban J connectivity index is 1.38. The molecule has 0 unspecified atom stereocenters. The maximum absolute atomic E-state index is 13.9. The number of benzene rings is 1. The lowest BCUT2D eigenvalue weighted by atomic mass is 10.2. The van der Waals surface area contributed by atoms with Crippen LogP contribution in [0.5, 0.6) is 0 Å². The highest BCUT2D eigenvalue weighted by Gasteiger charge is 2.37. The summed E-state index contributed by atoms with van der Waals surface area (Å²) in [5, 5.41) is 6.44. The quantitative estimate of drug-likeness (QED) is 0.283. The molecule has 1 saturated heterocycles. The molecule has 1 aliphatic heterocycles. The normalized spacial score (nSPS) is 15.1. The number of carbonyl (C=O) groups excluding carboxylic acids is 1. The second kappa shape index (κ2) is 9.83. The lowest BCUT2D eigenvalue weighted by molar-refractivity contribution is -0.142. The topological polar surface area (TPSA) is 53.7 Å². The van der Waals surface area contributed by atoms with Crippen molar-refractivity contribution in [3.05, 3.63) is 73.8 Å². The number of amides is 1. The van der Waals surface area contributed by atoms with Crippen LogP contribution in [0.1, 0.15) is 21.7 Å². The number of carbonyl (C=O) groups is 1. The summed E-state index contributed by atoms with van der Waals surface area (Å²) in [6.07, 6.45) is -4.72. The number of halogens is 6. The molecule has 0 bridgehead atoms. The van der Waals surface area contributed by atoms with E-state index in [1.165, 1.54) is 16.2 Å². The molecule has 1 aromatic carbocycles. The Labute approximate surface area is 222 Å². The van der Waals surface area contributed by atoms with Crippen molar-refractivity contribution < 1.29 is 18.0 Å². The van der Waals surface area contributed by atoms with Gasteiger partial charge in [-0.2, -0.15) is 18.3 Å². The fourth-order valence-electron chi connectivity index (χ4n) is 4.04. The van der Waals surface area contributed by atoms with E-state index < -0.39 is 17.8 Å². The van der Waals surface area contributed by atoms with Gasteiger partial charge in [0.25, 0.3) is 5.91 Å². The highest BCUT2D eigenvalue weighted by atomic mass is 35.5. The number of fused-ring (bicyclic) bond motifs is 1. The van der Waals surface area contributed by atoms with Gasteiger partial charge in [-0.3, -0.25) is 9.69 Å². The summed E-state index contributed by atoms with van der Waals surface area (Å²) in [5.74, 6) is -0.537. The first kappa shape index (κ1) is 25.3. The van der Waals surface area contributed by atoms with Crippen molar-refractivity contribution in [1.82, 2.24) is 24.4 Å². The van der Waals surface area contributed by atoms with Crippen LogP contribution in [0.25, 0.3) is 16.2 Å². The molecular weight excluding hydrogens is 558 g/mol. The van der Waals surface area contributed by atoms with E-state index in [1.807, 2.05) is 6.07 Å². The van der Waals surface area contributed by atoms with E-state index in [4.69, 9.17) is 34.8 Å². The molecule has 4 heterocycles. The van der Waals surface area contributed by atoms with E-state index in [-0.39, 0.29) is 22.1 Å². The fraction of sp³-hybridized carbons (Fsp3) is 0.261. The van der Waals surface area contributed by atoms with Crippen LogP contribution in [0.2, 0.25) is 15.1 Å². The van der Waals surface area contributed by atoms with Gasteiger partial charge in [-0.25, -0.2) is 9.50 Å². The van der Waals surface area contributed by atoms with Crippen LogP contribution in [-0.2, 0) is 12.7 Å². The molecule has 13 heteroatoms. The Morgan fingerprint density at radius 1 is 1.03 bits per heavy atom. The number of thiophene rings is 1. The first-order chi connectivity index (χ1) is 17.1. The summed E-state index contributed by atoms with van der Waals surface area (Å²) >= 11 is 19.7. The molecule has 1 fully saturated rings. The Bertz CT molecular complexity index is 1430. The van der Waals surface area contributed by atoms with Gasteiger partial charge in [0.05, 0.1) is 20.6 Å². The molecule has 4 aromatic rings. The van der Waals surface area contributed by atoms with Crippen molar-refractivity contribution in [3.8, 4) is 10.6 Å². The molecule has 0 aliphatic carbocycles. The van der Waals surface area contributed by atoms with Gasteiger partial charge in [-0.15, -0.1) is 11.3 Å². The lowest BCUT2D eigenvalue weighted by Gasteiger charge is -2.34. The number of aromatic nitrogens is 3. The van der Waals surface area contributed by atoms with Crippen molar-refractivity contribution in [2.45, 2.75) is 12.7 Å². The zero-order valence-corrected chi connectivity index (χ0v) is 21.5. The number of hydrogen-bond acceptors (Lipinski definition) is 5. The van der Waals surface area contributed by atoms with Crippen molar-refractivity contribution in [2.24, 2.45) is 0 Å². The summed E-state index contributed by atoms with van der Waals surface area (Å²) < 4.78 is 42.2. The van der Waals surface area contributed by atoms with Crippen molar-refractivity contribution in [1.29, 1.82) is 0 Å². The van der Waals surface area contributed by atoms with Gasteiger partial charge in [0.15, 0.2) is 17.0 Å². The second-order valence-corrected chi connectivity index (χ2v) is 10.4. The van der Waals surface area contributed by atoms with E-state index >= 15 is 0 Å². The zero-order valence-electron chi connectivity index (χ0n) is 18.4. The first-order valence-corrected chi connectivity index (χ1v) is 12.8. The van der Waals surface area contributed by atoms with Crippen molar-refractivity contribution >= 4 is 57.7 Å². The van der Waals surface area contributed by atoms with Crippen LogP contribution in [0, 0.1) is 0 Å². The standard InChI is InChI=1S/C23H17Cl3F3N5OS/c24-14-4-3-13(10-15(14)25)12-32-5-7-33(8-6-32)22(35)20-19(26)21-30-16(17-2-1-9-36-17)11-18(23(27,28)29)34(21)31-20/h1-4,9-11H,5-8,12H2. The molecule has 0 spiro atoms. The third-order valence-corrected chi connectivity index (χ3v) is 7.83. The minimum absolute atomic E-state index is 0.113. The molecule has 1 amide bonds. The predicted molar refractivity (Wildman–Crippen MR) is 134 cm³/mol. The minimum Gasteiger partial charge on any atom is -0.335 e. The zero-order chi connectivity index (χ0) is 25.6. The molecule has 3 aromatic heterocycles. The van der Waals surface area contributed by atoms with Gasteiger partial charge in [0.1, 0.15) is 5.02 Å². The molecule has 0 N–H and O–H groups in total. The van der Waals surface area contributed by atoms with Gasteiger partial charge in [0.2, 0.25) is 0 Å². The summed E-state index contributed by atoms with van der Waals surface area (Å²) in [6.45, 7) is 2.48. The Morgan fingerprint density at radius 2 is 1.78 bits per heavy atom. The van der Waals surface area contributed by atoms with Crippen LogP contribution in [-0.4, -0.2) is 56.5 Å². The largest absolute Gasteiger partial charge is 0.433 e. The highest BCUT2D eigenvalue weighted by Crippen LogP contribution is 2.35. The number of piperazine rings is 1. The van der Waals surface area contributed by atoms with E-state index in [9.17, 15) is 18.0 Å². The molecule has 188 valence electrons. The minimum atomic E-state index is -4.72. The van der Waals surface area contributed by atoms with E-state index in [2.05, 4.69) is 15.0 Å². The highest BCUT2D eigenvalue weighted by molar-refractivity contribution is 7.13. The summed E-state index contributed by atoms with van der Waals surface area (Å²) in [7, 11) is 0. The van der Waals surface area contributed by atoms with Crippen molar-refractivity contribution in [3.63, 3.8) is 0 Å². The fourth-order valence-corrected chi connectivity index (χ4v) is 5.28. The smallest absolute Gasteiger partial charge is 0.335 e. The van der Waals surface area contributed by atoms with Crippen molar-refractivity contribution in [2.75, 3.05) is 26.2 Å². The van der Waals surface area contributed by atoms with Gasteiger partial charge in [-0.05, 0) is 35.2 Å². The van der Waals surface area contributed by atoms with Gasteiger partial charge < -0.3 is 4.90 Å². The summed E-state index contributed by atoms with van der Waals surface area (Å²) in [4.78, 5) is 21.7. The van der Waals surface area contributed by atoms with Crippen LogP contribution in [0.4, 0.5) is 13.2 Å². The lowest BCUT2D eigenvalue weighted by Crippen LogP contribution is -2.48. The van der Waals surface area contributed by atoms with Crippen LogP contribution in [0.3, 0.4) is 0 Å². The summed E-state index contributed by atoms with van der Waals surface area (Å²) in [5.41, 5.74) is -0.419. The Hall–Kier alpha value is -2.37. The monoisotopic (exact) mass is 573 g/mol. The number of nitrogens with zero attached hydrogens (tertiary/aromatic N) is 5. The maximum atomic E-state index is 13.9. The summed E-state index contributed by atoms with van der Waals surface area (Å²) in [6, 6.07) is 9.71. The average Bonchev–Trinajstić information content (AvgIpc) is 3.49. The Morgan fingerprint density at radius 3 is 2.42 bits per heavy atom. The molecule has 0 radical (unpaired) electrons. The second-order valence-electron chi connectivity index (χ2n) is 8.22. The molecule has 36 heavy (non-hydrogen) atoms. The molecule has 0 atom stereocenters. The third kappa shape index (κ3) is 4.92. The van der Waals surface area contributed by atoms with Gasteiger partial charge >= 0.3 is 6.18 Å². The molecule has 0 saturated carbocycles. The molecule has 5 rings (SSSR count). The molecule has 1 aliphatic rings. The number of rotatable bonds is 4. The van der Waals surface area contributed by atoms with Gasteiger partial charge in [0, 0.05) is 32.7 Å². The predicted octanol–water partition coefficient (Wildman–Crippen LogP) is 6.39. The third-order valence-electron chi connectivity index (χ3n) is 5.85. The molecule has 6 nitrogen and oxygen atoms in total. The number of alkyl halides is 3. The average molecular weight is 575 g/mol. The van der Waals surface area contributed by atoms with E-state index in [0.717, 1.165) is 11.6 Å². The SMILES string of the molecule is O=C(c1nn2c(C(F)(F)F)cc(-c3cccs3)nc2c1Cl)N1CCN(Cc2ccc(Cl)c(Cl)c2)CC1. The van der Waals surface area contributed by atoms with E-state index in [0.29, 0.717) is 52.2 Å². The first-order valence-electron chi connectivity index (χ1n) is 10.8.